The molecular formula is C23H32N2O3. The van der Waals surface area contributed by atoms with E-state index in [-0.39, 0.29) is 17.4 Å². The number of aromatic hydroxyl groups is 1. The first kappa shape index (κ1) is 20.5. The molecule has 2 heterocycles. The van der Waals surface area contributed by atoms with Gasteiger partial charge in [-0.05, 0) is 76.4 Å². The molecule has 28 heavy (non-hydrogen) atoms. The highest BCUT2D eigenvalue weighted by Gasteiger charge is 2.31. The summed E-state index contributed by atoms with van der Waals surface area (Å²) in [5.74, 6) is 1.59. The zero-order chi connectivity index (χ0) is 20.3. The van der Waals surface area contributed by atoms with E-state index >= 15 is 0 Å². The van der Waals surface area contributed by atoms with E-state index in [0.717, 1.165) is 42.9 Å². The summed E-state index contributed by atoms with van der Waals surface area (Å²) < 4.78 is 7.32. The second-order valence-corrected chi connectivity index (χ2v) is 7.76. The number of hydrogen-bond acceptors (Lipinski definition) is 4. The van der Waals surface area contributed by atoms with Gasteiger partial charge in [-0.25, -0.2) is 0 Å². The standard InChI is InChI=1S/C23H32N2O3/c1-5-25-17(4)15-20(26)21(23(25)27)22(24-13-11-16(3)12-14-24)18-7-9-19(10-8-18)28-6-2/h7-10,15-16,22,26H,5-6,11-14H2,1-4H3/t22-/m1/s1. The van der Waals surface area contributed by atoms with Gasteiger partial charge in [0.1, 0.15) is 11.5 Å². The van der Waals surface area contributed by atoms with Crippen LogP contribution in [0.2, 0.25) is 0 Å². The molecule has 0 saturated carbocycles. The molecule has 2 aromatic rings. The third-order valence-corrected chi connectivity index (χ3v) is 5.80. The number of piperidine rings is 1. The topological polar surface area (TPSA) is 54.7 Å². The number of hydrogen-bond donors (Lipinski definition) is 1. The molecule has 1 fully saturated rings. The van der Waals surface area contributed by atoms with Crippen LogP contribution in [0.5, 0.6) is 11.5 Å². The molecule has 1 N–H and O–H groups in total. The van der Waals surface area contributed by atoms with Crippen molar-refractivity contribution < 1.29 is 9.84 Å². The van der Waals surface area contributed by atoms with E-state index in [1.807, 2.05) is 45.0 Å². The molecule has 5 nitrogen and oxygen atoms in total. The van der Waals surface area contributed by atoms with Crippen LogP contribution in [0, 0.1) is 12.8 Å². The van der Waals surface area contributed by atoms with Gasteiger partial charge in [0, 0.05) is 12.2 Å². The Morgan fingerprint density at radius 1 is 1.18 bits per heavy atom. The lowest BCUT2D eigenvalue weighted by molar-refractivity contribution is 0.154. The molecule has 1 aromatic heterocycles. The van der Waals surface area contributed by atoms with Crippen LogP contribution in [0.25, 0.3) is 0 Å². The molecule has 1 aliphatic rings. The molecule has 0 radical (unpaired) electrons. The maximum Gasteiger partial charge on any atom is 0.259 e. The molecule has 0 amide bonds. The summed E-state index contributed by atoms with van der Waals surface area (Å²) in [6.07, 6.45) is 2.20. The van der Waals surface area contributed by atoms with Crippen LogP contribution in [0.15, 0.2) is 35.1 Å². The highest BCUT2D eigenvalue weighted by atomic mass is 16.5. The Bertz CT molecular complexity index is 849. The minimum Gasteiger partial charge on any atom is -0.507 e. The molecule has 1 aliphatic heterocycles. The summed E-state index contributed by atoms with van der Waals surface area (Å²) in [6.45, 7) is 11.1. The van der Waals surface area contributed by atoms with Gasteiger partial charge in [0.2, 0.25) is 0 Å². The minimum atomic E-state index is -0.255. The van der Waals surface area contributed by atoms with Gasteiger partial charge < -0.3 is 14.4 Å². The Hall–Kier alpha value is -2.27. The third kappa shape index (κ3) is 4.09. The summed E-state index contributed by atoms with van der Waals surface area (Å²) in [5.41, 5.74) is 2.17. The lowest BCUT2D eigenvalue weighted by Crippen LogP contribution is -2.40. The van der Waals surface area contributed by atoms with Gasteiger partial charge in [-0.1, -0.05) is 19.1 Å². The second kappa shape index (κ2) is 8.82. The zero-order valence-corrected chi connectivity index (χ0v) is 17.4. The van der Waals surface area contributed by atoms with E-state index in [1.54, 1.807) is 10.6 Å². The van der Waals surface area contributed by atoms with Crippen LogP contribution in [-0.4, -0.2) is 34.3 Å². The maximum atomic E-state index is 13.3. The number of aryl methyl sites for hydroxylation is 1. The molecule has 0 bridgehead atoms. The Labute approximate surface area is 167 Å². The van der Waals surface area contributed by atoms with Crippen LogP contribution >= 0.6 is 0 Å². The van der Waals surface area contributed by atoms with E-state index in [1.165, 1.54) is 0 Å². The Balaban J connectivity index is 2.10. The van der Waals surface area contributed by atoms with E-state index in [0.29, 0.717) is 24.6 Å². The van der Waals surface area contributed by atoms with Crippen molar-refractivity contribution in [1.29, 1.82) is 0 Å². The van der Waals surface area contributed by atoms with Gasteiger partial charge in [-0.15, -0.1) is 0 Å². The van der Waals surface area contributed by atoms with E-state index in [4.69, 9.17) is 4.74 Å². The number of pyridine rings is 1. The SMILES string of the molecule is CCOc1ccc([C@H](c2c(O)cc(C)n(CC)c2=O)N2CCC(C)CC2)cc1. The molecule has 5 heteroatoms. The average molecular weight is 385 g/mol. The normalized spacial score (nSPS) is 16.9. The van der Waals surface area contributed by atoms with Gasteiger partial charge in [0.05, 0.1) is 18.2 Å². The molecule has 0 unspecified atom stereocenters. The number of likely N-dealkylation sites (tertiary alicyclic amines) is 1. The number of rotatable bonds is 6. The highest BCUT2D eigenvalue weighted by molar-refractivity contribution is 5.42. The summed E-state index contributed by atoms with van der Waals surface area (Å²) in [6, 6.07) is 9.39. The van der Waals surface area contributed by atoms with Crippen molar-refractivity contribution in [3.05, 3.63) is 57.5 Å². The van der Waals surface area contributed by atoms with Crippen molar-refractivity contribution in [1.82, 2.24) is 9.47 Å². The maximum absolute atomic E-state index is 13.3. The van der Waals surface area contributed by atoms with Crippen LogP contribution < -0.4 is 10.3 Å². The Morgan fingerprint density at radius 2 is 1.82 bits per heavy atom. The lowest BCUT2D eigenvalue weighted by atomic mass is 9.92. The lowest BCUT2D eigenvalue weighted by Gasteiger charge is -2.37. The van der Waals surface area contributed by atoms with Crippen molar-refractivity contribution in [2.45, 2.75) is 53.1 Å². The predicted octanol–water partition coefficient (Wildman–Crippen LogP) is 4.10. The fraction of sp³-hybridized carbons (Fsp3) is 0.522. The second-order valence-electron chi connectivity index (χ2n) is 7.76. The Kier molecular flexibility index (Phi) is 6.45. The summed E-state index contributed by atoms with van der Waals surface area (Å²) in [4.78, 5) is 15.6. The number of nitrogens with zero attached hydrogens (tertiary/aromatic N) is 2. The number of benzene rings is 1. The van der Waals surface area contributed by atoms with Crippen LogP contribution in [-0.2, 0) is 6.54 Å². The average Bonchev–Trinajstić information content (AvgIpc) is 2.67. The van der Waals surface area contributed by atoms with Crippen molar-refractivity contribution in [2.24, 2.45) is 5.92 Å². The van der Waals surface area contributed by atoms with Gasteiger partial charge in [-0.2, -0.15) is 0 Å². The molecule has 1 aromatic carbocycles. The summed E-state index contributed by atoms with van der Waals surface area (Å²) >= 11 is 0. The minimum absolute atomic E-state index is 0.0877. The van der Waals surface area contributed by atoms with E-state index in [2.05, 4.69) is 11.8 Å². The number of aromatic nitrogens is 1. The van der Waals surface area contributed by atoms with Gasteiger partial charge in [0.25, 0.3) is 5.56 Å². The quantitative estimate of drug-likeness (QED) is 0.815. The Morgan fingerprint density at radius 3 is 2.39 bits per heavy atom. The fourth-order valence-electron chi connectivity index (χ4n) is 4.18. The van der Waals surface area contributed by atoms with Crippen LogP contribution in [0.4, 0.5) is 0 Å². The zero-order valence-electron chi connectivity index (χ0n) is 17.4. The molecule has 152 valence electrons. The highest BCUT2D eigenvalue weighted by Crippen LogP contribution is 2.35. The molecular weight excluding hydrogens is 352 g/mol. The molecule has 0 aliphatic carbocycles. The van der Waals surface area contributed by atoms with Crippen molar-refractivity contribution >= 4 is 0 Å². The third-order valence-electron chi connectivity index (χ3n) is 5.80. The number of ether oxygens (including phenoxy) is 1. The molecule has 1 atom stereocenters. The van der Waals surface area contributed by atoms with E-state index in [9.17, 15) is 9.90 Å². The molecule has 1 saturated heterocycles. The smallest absolute Gasteiger partial charge is 0.259 e. The first-order chi connectivity index (χ1) is 13.5. The fourth-order valence-corrected chi connectivity index (χ4v) is 4.18. The first-order valence-electron chi connectivity index (χ1n) is 10.4. The first-order valence-corrected chi connectivity index (χ1v) is 10.4. The van der Waals surface area contributed by atoms with Gasteiger partial charge in [0.15, 0.2) is 0 Å². The summed E-state index contributed by atoms with van der Waals surface area (Å²) in [5, 5.41) is 10.8. The van der Waals surface area contributed by atoms with Crippen LogP contribution in [0.3, 0.4) is 0 Å². The van der Waals surface area contributed by atoms with Crippen molar-refractivity contribution in [2.75, 3.05) is 19.7 Å². The summed E-state index contributed by atoms with van der Waals surface area (Å²) in [7, 11) is 0. The van der Waals surface area contributed by atoms with E-state index < -0.39 is 0 Å². The van der Waals surface area contributed by atoms with Gasteiger partial charge >= 0.3 is 0 Å². The monoisotopic (exact) mass is 384 g/mol. The molecule has 0 spiro atoms. The molecule has 3 rings (SSSR count). The van der Waals surface area contributed by atoms with Crippen molar-refractivity contribution in [3.63, 3.8) is 0 Å². The largest absolute Gasteiger partial charge is 0.507 e. The van der Waals surface area contributed by atoms with Crippen molar-refractivity contribution in [3.8, 4) is 11.5 Å². The van der Waals surface area contributed by atoms with Crippen LogP contribution in [0.1, 0.15) is 56.5 Å². The van der Waals surface area contributed by atoms with Gasteiger partial charge in [-0.3, -0.25) is 9.69 Å². The predicted molar refractivity (Wildman–Crippen MR) is 112 cm³/mol.